The first kappa shape index (κ1) is 17.5. The van der Waals surface area contributed by atoms with Gasteiger partial charge in [-0.15, -0.1) is 0 Å². The first-order valence-electron chi connectivity index (χ1n) is 10.2. The van der Waals surface area contributed by atoms with Crippen LogP contribution in [0.2, 0.25) is 0 Å². The summed E-state index contributed by atoms with van der Waals surface area (Å²) < 4.78 is 11.0. The summed E-state index contributed by atoms with van der Waals surface area (Å²) >= 11 is 0. The number of nitrogens with zero attached hydrogens (tertiary/aromatic N) is 1. The molecular formula is C24H25NO3. The van der Waals surface area contributed by atoms with Gasteiger partial charge >= 0.3 is 0 Å². The van der Waals surface area contributed by atoms with Crippen molar-refractivity contribution in [2.45, 2.75) is 25.7 Å². The highest BCUT2D eigenvalue weighted by Gasteiger charge is 2.38. The number of carbonyl (C=O) groups excluding carboxylic acids is 1. The molecule has 4 heteroatoms. The molecular weight excluding hydrogens is 350 g/mol. The van der Waals surface area contributed by atoms with Crippen LogP contribution in [0.25, 0.3) is 22.1 Å². The second-order valence-electron chi connectivity index (χ2n) is 8.19. The fraction of sp³-hybridized carbons (Fsp3) is 0.375. The molecule has 0 unspecified atom stereocenters. The minimum atomic E-state index is 0.155. The van der Waals surface area contributed by atoms with Crippen molar-refractivity contribution in [3.05, 3.63) is 60.4 Å². The van der Waals surface area contributed by atoms with E-state index in [1.54, 1.807) is 6.26 Å². The number of amides is 1. The average molecular weight is 375 g/mol. The van der Waals surface area contributed by atoms with Crippen molar-refractivity contribution in [1.29, 1.82) is 0 Å². The van der Waals surface area contributed by atoms with E-state index < -0.39 is 0 Å². The molecule has 2 aliphatic rings. The first-order valence-corrected chi connectivity index (χ1v) is 10.2. The Bertz CT molecular complexity index is 977. The summed E-state index contributed by atoms with van der Waals surface area (Å²) in [7, 11) is 0. The van der Waals surface area contributed by atoms with Crippen LogP contribution in [0.1, 0.15) is 36.0 Å². The molecule has 0 N–H and O–H groups in total. The third-order valence-corrected chi connectivity index (χ3v) is 6.42. The standard InChI is InChI=1S/C24H25NO3/c26-23(25-12-1-9-24(17-25)10-14-27-15-11-24)19-4-2-18(3-5-19)20-6-7-22-21(16-20)8-13-28-22/h2-8,13,16H,1,9-12,14-15,17H2. The monoisotopic (exact) mass is 375 g/mol. The van der Waals surface area contributed by atoms with Crippen LogP contribution in [0.3, 0.4) is 0 Å². The minimum Gasteiger partial charge on any atom is -0.464 e. The van der Waals surface area contributed by atoms with E-state index >= 15 is 0 Å². The largest absolute Gasteiger partial charge is 0.464 e. The lowest BCUT2D eigenvalue weighted by Crippen LogP contribution is -2.48. The van der Waals surface area contributed by atoms with Gasteiger partial charge in [-0.25, -0.2) is 0 Å². The molecule has 1 amide bonds. The van der Waals surface area contributed by atoms with Crippen LogP contribution >= 0.6 is 0 Å². The quantitative estimate of drug-likeness (QED) is 0.623. The van der Waals surface area contributed by atoms with Crippen LogP contribution in [-0.4, -0.2) is 37.1 Å². The maximum atomic E-state index is 13.1. The van der Waals surface area contributed by atoms with E-state index in [0.29, 0.717) is 0 Å². The fourth-order valence-electron chi connectivity index (χ4n) is 4.73. The van der Waals surface area contributed by atoms with Crippen molar-refractivity contribution >= 4 is 16.9 Å². The van der Waals surface area contributed by atoms with Gasteiger partial charge in [0.25, 0.3) is 5.91 Å². The Hall–Kier alpha value is -2.59. The van der Waals surface area contributed by atoms with Crippen molar-refractivity contribution in [3.8, 4) is 11.1 Å². The maximum Gasteiger partial charge on any atom is 0.253 e. The Balaban J connectivity index is 1.34. The maximum absolute atomic E-state index is 13.1. The normalized spacial score (nSPS) is 19.2. The number of ether oxygens (including phenoxy) is 1. The van der Waals surface area contributed by atoms with Crippen LogP contribution in [0.5, 0.6) is 0 Å². The van der Waals surface area contributed by atoms with Crippen LogP contribution in [-0.2, 0) is 4.74 Å². The number of rotatable bonds is 2. The number of fused-ring (bicyclic) bond motifs is 1. The zero-order valence-corrected chi connectivity index (χ0v) is 16.0. The van der Waals surface area contributed by atoms with E-state index in [-0.39, 0.29) is 11.3 Å². The highest BCUT2D eigenvalue weighted by atomic mass is 16.5. The number of furan rings is 1. The van der Waals surface area contributed by atoms with Crippen molar-refractivity contribution < 1.29 is 13.9 Å². The Morgan fingerprint density at radius 2 is 1.71 bits per heavy atom. The van der Waals surface area contributed by atoms with Gasteiger partial charge in [-0.2, -0.15) is 0 Å². The molecule has 1 aromatic heterocycles. The lowest BCUT2D eigenvalue weighted by Gasteiger charge is -2.45. The van der Waals surface area contributed by atoms with Gasteiger partial charge in [0, 0.05) is 37.3 Å². The molecule has 3 heterocycles. The van der Waals surface area contributed by atoms with Crippen LogP contribution < -0.4 is 0 Å². The van der Waals surface area contributed by atoms with Crippen LogP contribution in [0.4, 0.5) is 0 Å². The molecule has 3 aromatic rings. The third-order valence-electron chi connectivity index (χ3n) is 6.42. The van der Waals surface area contributed by atoms with Gasteiger partial charge in [-0.05, 0) is 72.6 Å². The molecule has 5 rings (SSSR count). The molecule has 2 aliphatic heterocycles. The van der Waals surface area contributed by atoms with Gasteiger partial charge in [0.05, 0.1) is 6.26 Å². The molecule has 0 radical (unpaired) electrons. The minimum absolute atomic E-state index is 0.155. The smallest absolute Gasteiger partial charge is 0.253 e. The molecule has 28 heavy (non-hydrogen) atoms. The topological polar surface area (TPSA) is 42.7 Å². The summed E-state index contributed by atoms with van der Waals surface area (Å²) in [5.41, 5.74) is 4.18. The van der Waals surface area contributed by atoms with E-state index in [2.05, 4.69) is 17.0 Å². The number of piperidine rings is 1. The summed E-state index contributed by atoms with van der Waals surface area (Å²) in [4.78, 5) is 15.2. The van der Waals surface area contributed by atoms with Gasteiger partial charge < -0.3 is 14.1 Å². The fourth-order valence-corrected chi connectivity index (χ4v) is 4.73. The summed E-state index contributed by atoms with van der Waals surface area (Å²) in [6.07, 6.45) is 6.17. The second kappa shape index (κ2) is 7.10. The summed E-state index contributed by atoms with van der Waals surface area (Å²) in [6.45, 7) is 3.39. The molecule has 2 fully saturated rings. The van der Waals surface area contributed by atoms with Crippen LogP contribution in [0.15, 0.2) is 59.2 Å². The van der Waals surface area contributed by atoms with Gasteiger partial charge in [0.2, 0.25) is 0 Å². The highest BCUT2D eigenvalue weighted by molar-refractivity contribution is 5.95. The summed E-state index contributed by atoms with van der Waals surface area (Å²) in [5.74, 6) is 0.155. The van der Waals surface area contributed by atoms with Gasteiger partial charge in [0.1, 0.15) is 5.58 Å². The lowest BCUT2D eigenvalue weighted by molar-refractivity contribution is -0.0229. The van der Waals surface area contributed by atoms with E-state index in [4.69, 9.17) is 9.15 Å². The predicted octanol–water partition coefficient (Wildman–Crippen LogP) is 5.13. The number of hydrogen-bond donors (Lipinski definition) is 0. The summed E-state index contributed by atoms with van der Waals surface area (Å²) in [5, 5.41) is 1.09. The lowest BCUT2D eigenvalue weighted by atomic mass is 9.74. The number of likely N-dealkylation sites (tertiary alicyclic amines) is 1. The first-order chi connectivity index (χ1) is 13.7. The molecule has 0 atom stereocenters. The van der Waals surface area contributed by atoms with Gasteiger partial charge in [0.15, 0.2) is 0 Å². The Morgan fingerprint density at radius 3 is 2.54 bits per heavy atom. The second-order valence-corrected chi connectivity index (χ2v) is 8.19. The molecule has 144 valence electrons. The Morgan fingerprint density at radius 1 is 0.929 bits per heavy atom. The van der Waals surface area contributed by atoms with E-state index in [1.165, 1.54) is 6.42 Å². The third kappa shape index (κ3) is 3.22. The van der Waals surface area contributed by atoms with Gasteiger partial charge in [-0.3, -0.25) is 4.79 Å². The van der Waals surface area contributed by atoms with Crippen molar-refractivity contribution in [2.75, 3.05) is 26.3 Å². The predicted molar refractivity (Wildman–Crippen MR) is 109 cm³/mol. The molecule has 0 saturated carbocycles. The number of hydrogen-bond acceptors (Lipinski definition) is 3. The number of benzene rings is 2. The molecule has 2 saturated heterocycles. The molecule has 0 bridgehead atoms. The van der Waals surface area contributed by atoms with E-state index in [9.17, 15) is 4.79 Å². The Labute approximate surface area is 165 Å². The average Bonchev–Trinajstić information content (AvgIpc) is 3.22. The number of carbonyl (C=O) groups is 1. The van der Waals surface area contributed by atoms with Crippen LogP contribution in [0, 0.1) is 5.41 Å². The van der Waals surface area contributed by atoms with Crippen molar-refractivity contribution in [2.24, 2.45) is 5.41 Å². The Kier molecular flexibility index (Phi) is 4.44. The van der Waals surface area contributed by atoms with Crippen molar-refractivity contribution in [3.63, 3.8) is 0 Å². The molecule has 0 aliphatic carbocycles. The SMILES string of the molecule is O=C(c1ccc(-c2ccc3occc3c2)cc1)N1CCCC2(CCOCC2)C1. The van der Waals surface area contributed by atoms with E-state index in [0.717, 1.165) is 73.2 Å². The zero-order valence-electron chi connectivity index (χ0n) is 16.0. The molecule has 2 aromatic carbocycles. The van der Waals surface area contributed by atoms with Crippen molar-refractivity contribution in [1.82, 2.24) is 4.90 Å². The van der Waals surface area contributed by atoms with Gasteiger partial charge in [-0.1, -0.05) is 18.2 Å². The molecule has 4 nitrogen and oxygen atoms in total. The zero-order chi connectivity index (χ0) is 19.0. The highest BCUT2D eigenvalue weighted by Crippen LogP contribution is 2.39. The summed E-state index contributed by atoms with van der Waals surface area (Å²) in [6, 6.07) is 16.2. The molecule has 1 spiro atoms. The van der Waals surface area contributed by atoms with E-state index in [1.807, 2.05) is 36.4 Å².